The number of halogens is 4. The largest absolute Gasteiger partial charge is 0.522 e. The molecular weight excluding hydrogens is 534 g/mol. The lowest BCUT2D eigenvalue weighted by molar-refractivity contribution is -0.325. The summed E-state index contributed by atoms with van der Waals surface area (Å²) >= 11 is 0. The first-order valence-electron chi connectivity index (χ1n) is 12.6. The Morgan fingerprint density at radius 1 is 1.15 bits per heavy atom. The molecule has 2 aromatic heterocycles. The topological polar surface area (TPSA) is 106 Å². The molecule has 4 aromatic rings. The molecule has 10 nitrogen and oxygen atoms in total. The summed E-state index contributed by atoms with van der Waals surface area (Å²) in [6, 6.07) is 6.38. The normalized spacial score (nSPS) is 17.9. The van der Waals surface area contributed by atoms with Gasteiger partial charge in [-0.2, -0.15) is 10.1 Å². The molecule has 5 rings (SSSR count). The van der Waals surface area contributed by atoms with Crippen molar-refractivity contribution in [3.8, 4) is 6.01 Å². The number of hydrogen-bond donors (Lipinski definition) is 2. The van der Waals surface area contributed by atoms with E-state index in [-0.39, 0.29) is 40.4 Å². The fourth-order valence-corrected chi connectivity index (χ4v) is 4.91. The molecule has 0 aliphatic carbocycles. The van der Waals surface area contributed by atoms with Crippen LogP contribution in [0.4, 0.5) is 28.9 Å². The van der Waals surface area contributed by atoms with Crippen molar-refractivity contribution in [2.75, 3.05) is 36.5 Å². The number of alkyl halides is 3. The average molecular weight is 562 g/mol. The van der Waals surface area contributed by atoms with Crippen LogP contribution < -0.4 is 20.3 Å². The van der Waals surface area contributed by atoms with Crippen LogP contribution in [-0.2, 0) is 11.8 Å². The molecule has 2 atom stereocenters. The maximum atomic E-state index is 14.6. The Morgan fingerprint density at radius 3 is 2.62 bits per heavy atom. The maximum Gasteiger partial charge on any atom is 0.522 e. The zero-order valence-electron chi connectivity index (χ0n) is 21.9. The fraction of sp³-hybridized carbons (Fsp3) is 0.385. The van der Waals surface area contributed by atoms with Crippen molar-refractivity contribution >= 4 is 39.1 Å². The van der Waals surface area contributed by atoms with E-state index in [1.165, 1.54) is 16.9 Å². The quantitative estimate of drug-likeness (QED) is 0.258. The van der Waals surface area contributed by atoms with E-state index in [0.717, 1.165) is 5.69 Å². The van der Waals surface area contributed by atoms with Gasteiger partial charge in [-0.25, -0.2) is 9.37 Å². The van der Waals surface area contributed by atoms with E-state index in [4.69, 9.17) is 4.74 Å². The Bertz CT molecular complexity index is 1550. The highest BCUT2D eigenvalue weighted by Gasteiger charge is 2.29. The minimum absolute atomic E-state index is 0.153. The van der Waals surface area contributed by atoms with Crippen molar-refractivity contribution in [1.29, 1.82) is 0 Å². The molecule has 1 amide bonds. The number of ether oxygens (including phenoxy) is 2. The molecule has 3 heterocycles. The van der Waals surface area contributed by atoms with Gasteiger partial charge in [-0.3, -0.25) is 14.2 Å². The summed E-state index contributed by atoms with van der Waals surface area (Å²) in [5.41, 5.74) is 1.58. The molecule has 2 N–H and O–H groups in total. The maximum absolute atomic E-state index is 14.6. The summed E-state index contributed by atoms with van der Waals surface area (Å²) in [5, 5.41) is 11.3. The van der Waals surface area contributed by atoms with E-state index in [2.05, 4.69) is 49.2 Å². The number of hydrogen-bond acceptors (Lipinski definition) is 8. The molecular formula is C26H27F4N7O3. The Hall–Kier alpha value is -4.04. The minimum Gasteiger partial charge on any atom is -0.461 e. The third kappa shape index (κ3) is 6.07. The van der Waals surface area contributed by atoms with E-state index in [0.29, 0.717) is 23.9 Å². The number of rotatable bonds is 7. The number of aryl methyl sites for hydroxylation is 1. The Morgan fingerprint density at radius 2 is 1.90 bits per heavy atom. The monoisotopic (exact) mass is 561 g/mol. The third-order valence-electron chi connectivity index (χ3n) is 6.36. The van der Waals surface area contributed by atoms with Crippen molar-refractivity contribution in [2.45, 2.75) is 32.3 Å². The zero-order chi connectivity index (χ0) is 28.6. The summed E-state index contributed by atoms with van der Waals surface area (Å²) in [4.78, 5) is 24.1. The number of carbonyl (C=O) groups excluding carboxylic acids is 1. The number of nitrogens with one attached hydrogen (secondary N) is 2. The SMILES string of the molecule is C[C@H]1CN(c2ccc(C(=O)Nc3cc(F)c4nn(C)cc4c3)c3nc(OCCOC(F)(F)F)ncc23)C[C@H](C)N1. The number of amides is 1. The smallest absolute Gasteiger partial charge is 0.461 e. The molecule has 1 fully saturated rings. The van der Waals surface area contributed by atoms with Crippen LogP contribution in [-0.4, -0.2) is 70.4 Å². The molecule has 1 aliphatic rings. The second kappa shape index (κ2) is 10.8. The summed E-state index contributed by atoms with van der Waals surface area (Å²) in [6.45, 7) is 4.32. The fourth-order valence-electron chi connectivity index (χ4n) is 4.91. The molecule has 0 unspecified atom stereocenters. The summed E-state index contributed by atoms with van der Waals surface area (Å²) in [6.07, 6.45) is -1.68. The van der Waals surface area contributed by atoms with Gasteiger partial charge in [0, 0.05) is 66.8 Å². The lowest BCUT2D eigenvalue weighted by atomic mass is 10.0. The molecule has 40 heavy (non-hydrogen) atoms. The van der Waals surface area contributed by atoms with E-state index >= 15 is 0 Å². The van der Waals surface area contributed by atoms with E-state index < -0.39 is 31.3 Å². The van der Waals surface area contributed by atoms with E-state index in [1.54, 1.807) is 31.4 Å². The molecule has 0 spiro atoms. The summed E-state index contributed by atoms with van der Waals surface area (Å²) in [7, 11) is 1.67. The van der Waals surface area contributed by atoms with Crippen LogP contribution in [0.2, 0.25) is 0 Å². The first kappa shape index (κ1) is 27.5. The van der Waals surface area contributed by atoms with Crippen molar-refractivity contribution in [3.05, 3.63) is 48.0 Å². The molecule has 2 aromatic carbocycles. The third-order valence-corrected chi connectivity index (χ3v) is 6.36. The van der Waals surface area contributed by atoms with Gasteiger partial charge in [0.1, 0.15) is 12.1 Å². The zero-order valence-corrected chi connectivity index (χ0v) is 21.9. The molecule has 1 saturated heterocycles. The molecule has 14 heteroatoms. The van der Waals surface area contributed by atoms with Gasteiger partial charge in [0.25, 0.3) is 5.91 Å². The number of fused-ring (bicyclic) bond motifs is 2. The molecule has 0 radical (unpaired) electrons. The van der Waals surface area contributed by atoms with Crippen molar-refractivity contribution in [3.63, 3.8) is 0 Å². The van der Waals surface area contributed by atoms with Gasteiger partial charge in [-0.15, -0.1) is 13.2 Å². The standard InChI is InChI=1S/C26H27F4N7O3/c1-14-11-37(12-15(2)32-14)21-5-4-18(23-19(21)10-31-25(34-23)39-6-7-40-26(28,29)30)24(38)33-17-8-16-13-36(3)35-22(16)20(27)9-17/h4-5,8-10,13-15,32H,6-7,11-12H2,1-3H3,(H,33,38)/t14-,15-/m0/s1. The van der Waals surface area contributed by atoms with E-state index in [1.807, 2.05) is 0 Å². The molecule has 212 valence electrons. The van der Waals surface area contributed by atoms with E-state index in [9.17, 15) is 22.4 Å². The highest BCUT2D eigenvalue weighted by atomic mass is 19.4. The van der Waals surface area contributed by atoms with Gasteiger partial charge < -0.3 is 20.3 Å². The van der Waals surface area contributed by atoms with Crippen molar-refractivity contribution in [2.24, 2.45) is 7.05 Å². The van der Waals surface area contributed by atoms with Crippen molar-refractivity contribution < 1.29 is 31.8 Å². The van der Waals surface area contributed by atoms with Gasteiger partial charge in [0.2, 0.25) is 0 Å². The highest BCUT2D eigenvalue weighted by molar-refractivity contribution is 6.14. The number of anilines is 2. The Labute approximate surface area is 226 Å². The Balaban J connectivity index is 1.48. The van der Waals surface area contributed by atoms with Crippen LogP contribution in [0.5, 0.6) is 6.01 Å². The van der Waals surface area contributed by atoms with Crippen LogP contribution in [0.1, 0.15) is 24.2 Å². The van der Waals surface area contributed by atoms with Gasteiger partial charge in [-0.05, 0) is 38.1 Å². The lowest BCUT2D eigenvalue weighted by Crippen LogP contribution is -2.54. The summed E-state index contributed by atoms with van der Waals surface area (Å²) < 4.78 is 62.0. The van der Waals surface area contributed by atoms with Crippen LogP contribution in [0.3, 0.4) is 0 Å². The van der Waals surface area contributed by atoms with Crippen LogP contribution >= 0.6 is 0 Å². The van der Waals surface area contributed by atoms with Crippen LogP contribution in [0.15, 0.2) is 36.7 Å². The van der Waals surface area contributed by atoms with Gasteiger partial charge in [0.05, 0.1) is 17.7 Å². The average Bonchev–Trinajstić information content (AvgIpc) is 3.25. The van der Waals surface area contributed by atoms with Gasteiger partial charge in [0.15, 0.2) is 5.82 Å². The number of aromatic nitrogens is 4. The molecule has 1 aliphatic heterocycles. The van der Waals surface area contributed by atoms with Crippen molar-refractivity contribution in [1.82, 2.24) is 25.1 Å². The highest BCUT2D eigenvalue weighted by Crippen LogP contribution is 2.31. The number of piperazine rings is 1. The van der Waals surface area contributed by atoms with Gasteiger partial charge in [-0.1, -0.05) is 0 Å². The number of nitrogens with zero attached hydrogens (tertiary/aromatic N) is 5. The first-order chi connectivity index (χ1) is 19.0. The first-order valence-corrected chi connectivity index (χ1v) is 12.6. The predicted molar refractivity (Wildman–Crippen MR) is 140 cm³/mol. The predicted octanol–water partition coefficient (Wildman–Crippen LogP) is 4.01. The molecule has 0 bridgehead atoms. The minimum atomic E-state index is -4.79. The Kier molecular flexibility index (Phi) is 7.47. The lowest BCUT2D eigenvalue weighted by Gasteiger charge is -2.38. The number of benzene rings is 2. The molecule has 0 saturated carbocycles. The second-order valence-corrected chi connectivity index (χ2v) is 9.72. The second-order valence-electron chi connectivity index (χ2n) is 9.72. The number of carbonyl (C=O) groups is 1. The van der Waals surface area contributed by atoms with Crippen LogP contribution in [0.25, 0.3) is 21.8 Å². The summed E-state index contributed by atoms with van der Waals surface area (Å²) in [5.74, 6) is -1.15. The van der Waals surface area contributed by atoms with Gasteiger partial charge >= 0.3 is 12.4 Å². The van der Waals surface area contributed by atoms with Crippen LogP contribution in [0, 0.1) is 5.82 Å².